The van der Waals surface area contributed by atoms with Crippen LogP contribution in [0.5, 0.6) is 11.5 Å². The van der Waals surface area contributed by atoms with Crippen LogP contribution in [0.1, 0.15) is 24.2 Å². The highest BCUT2D eigenvalue weighted by Gasteiger charge is 2.23. The summed E-state index contributed by atoms with van der Waals surface area (Å²) in [6, 6.07) is 14.6. The summed E-state index contributed by atoms with van der Waals surface area (Å²) in [7, 11) is 4.58. The fraction of sp³-hybridized carbons (Fsp3) is 0.409. The number of benzene rings is 2. The Labute approximate surface area is 171 Å². The molecule has 2 atom stereocenters. The maximum atomic E-state index is 12.3. The van der Waals surface area contributed by atoms with Crippen LogP contribution in [-0.2, 0) is 20.8 Å². The molecule has 7 nitrogen and oxygen atoms in total. The third kappa shape index (κ3) is 6.74. The zero-order valence-electron chi connectivity index (χ0n) is 17.3. The van der Waals surface area contributed by atoms with Crippen molar-refractivity contribution in [2.75, 3.05) is 34.5 Å². The van der Waals surface area contributed by atoms with E-state index in [1.165, 1.54) is 7.11 Å². The lowest BCUT2D eigenvalue weighted by Gasteiger charge is -2.21. The molecule has 158 valence electrons. The van der Waals surface area contributed by atoms with Gasteiger partial charge in [0, 0.05) is 20.1 Å². The van der Waals surface area contributed by atoms with Gasteiger partial charge in [-0.1, -0.05) is 24.3 Å². The van der Waals surface area contributed by atoms with Gasteiger partial charge in [-0.25, -0.2) is 5.06 Å². The van der Waals surface area contributed by atoms with Gasteiger partial charge in [-0.2, -0.15) is 0 Å². The first-order valence-corrected chi connectivity index (χ1v) is 9.45. The normalized spacial score (nSPS) is 12.9. The second-order valence-corrected chi connectivity index (χ2v) is 6.41. The molecular weight excluding hydrogens is 374 g/mol. The predicted molar refractivity (Wildman–Crippen MR) is 109 cm³/mol. The third-order valence-corrected chi connectivity index (χ3v) is 4.46. The standard InChI is InChI=1S/C22H29NO6/c1-5-28-21(22(25)23(2)27-4)13-16-9-11-18(12-10-16)29-15-20(24)17-7-6-8-19(14-17)26-3/h6-12,14,20-21,24H,5,13,15H2,1-4H3. The van der Waals surface area contributed by atoms with Crippen LogP contribution in [0.3, 0.4) is 0 Å². The maximum Gasteiger partial charge on any atom is 0.275 e. The van der Waals surface area contributed by atoms with Gasteiger partial charge >= 0.3 is 0 Å². The van der Waals surface area contributed by atoms with Gasteiger partial charge in [0.2, 0.25) is 0 Å². The number of carbonyl (C=O) groups is 1. The van der Waals surface area contributed by atoms with Crippen molar-refractivity contribution in [3.05, 3.63) is 59.7 Å². The van der Waals surface area contributed by atoms with Gasteiger partial charge in [-0.3, -0.25) is 9.63 Å². The molecule has 0 spiro atoms. The number of amides is 1. The van der Waals surface area contributed by atoms with Crippen molar-refractivity contribution in [1.82, 2.24) is 5.06 Å². The molecule has 0 bridgehead atoms. The Morgan fingerprint density at radius 1 is 1.10 bits per heavy atom. The van der Waals surface area contributed by atoms with Crippen molar-refractivity contribution in [2.45, 2.75) is 25.6 Å². The van der Waals surface area contributed by atoms with E-state index in [1.807, 2.05) is 37.3 Å². The second-order valence-electron chi connectivity index (χ2n) is 6.41. The molecule has 0 aromatic heterocycles. The molecule has 29 heavy (non-hydrogen) atoms. The van der Waals surface area contributed by atoms with Crippen LogP contribution in [0.4, 0.5) is 0 Å². The summed E-state index contributed by atoms with van der Waals surface area (Å²) in [5.74, 6) is 1.07. The van der Waals surface area contributed by atoms with Gasteiger partial charge in [-0.15, -0.1) is 0 Å². The van der Waals surface area contributed by atoms with E-state index in [2.05, 4.69) is 0 Å². The molecule has 0 saturated heterocycles. The van der Waals surface area contributed by atoms with Crippen molar-refractivity contribution in [1.29, 1.82) is 0 Å². The maximum absolute atomic E-state index is 12.3. The number of methoxy groups -OCH3 is 1. The number of ether oxygens (including phenoxy) is 3. The number of likely N-dealkylation sites (N-methyl/N-ethyl adjacent to an activating group) is 1. The largest absolute Gasteiger partial charge is 0.497 e. The number of aliphatic hydroxyl groups is 1. The van der Waals surface area contributed by atoms with E-state index < -0.39 is 12.2 Å². The minimum Gasteiger partial charge on any atom is -0.497 e. The van der Waals surface area contributed by atoms with Crippen molar-refractivity contribution < 1.29 is 28.9 Å². The molecule has 2 aromatic carbocycles. The number of aliphatic hydroxyl groups excluding tert-OH is 1. The van der Waals surface area contributed by atoms with Gasteiger partial charge < -0.3 is 19.3 Å². The topological polar surface area (TPSA) is 77.5 Å². The highest BCUT2D eigenvalue weighted by atomic mass is 16.7. The Morgan fingerprint density at radius 2 is 1.83 bits per heavy atom. The van der Waals surface area contributed by atoms with Crippen LogP contribution in [-0.4, -0.2) is 56.7 Å². The first kappa shape index (κ1) is 22.7. The third-order valence-electron chi connectivity index (χ3n) is 4.46. The van der Waals surface area contributed by atoms with Gasteiger partial charge in [-0.05, 0) is 42.3 Å². The van der Waals surface area contributed by atoms with Crippen LogP contribution in [0.2, 0.25) is 0 Å². The fourth-order valence-corrected chi connectivity index (χ4v) is 2.77. The van der Waals surface area contributed by atoms with E-state index >= 15 is 0 Å². The van der Waals surface area contributed by atoms with E-state index in [4.69, 9.17) is 19.0 Å². The summed E-state index contributed by atoms with van der Waals surface area (Å²) in [5.41, 5.74) is 1.66. The van der Waals surface area contributed by atoms with E-state index in [1.54, 1.807) is 32.4 Å². The van der Waals surface area contributed by atoms with E-state index in [0.717, 1.165) is 16.2 Å². The van der Waals surface area contributed by atoms with Gasteiger partial charge in [0.1, 0.15) is 30.3 Å². The number of carbonyl (C=O) groups excluding carboxylic acids is 1. The minimum absolute atomic E-state index is 0.116. The summed E-state index contributed by atoms with van der Waals surface area (Å²) in [6.45, 7) is 2.39. The Morgan fingerprint density at radius 3 is 2.45 bits per heavy atom. The highest BCUT2D eigenvalue weighted by molar-refractivity contribution is 5.80. The Bertz CT molecular complexity index is 764. The molecule has 0 aliphatic rings. The molecule has 1 N–H and O–H groups in total. The molecule has 0 radical (unpaired) electrons. The molecular formula is C22H29NO6. The van der Waals surface area contributed by atoms with Crippen molar-refractivity contribution in [3.8, 4) is 11.5 Å². The fourth-order valence-electron chi connectivity index (χ4n) is 2.77. The smallest absolute Gasteiger partial charge is 0.275 e. The van der Waals surface area contributed by atoms with Crippen molar-refractivity contribution in [2.24, 2.45) is 0 Å². The molecule has 2 unspecified atom stereocenters. The lowest BCUT2D eigenvalue weighted by Crippen LogP contribution is -2.38. The molecule has 0 heterocycles. The molecule has 7 heteroatoms. The van der Waals surface area contributed by atoms with Crippen LogP contribution in [0.15, 0.2) is 48.5 Å². The number of hydroxylamine groups is 2. The van der Waals surface area contributed by atoms with Crippen LogP contribution < -0.4 is 9.47 Å². The molecule has 0 aliphatic heterocycles. The molecule has 0 fully saturated rings. The van der Waals surface area contributed by atoms with E-state index in [0.29, 0.717) is 24.5 Å². The predicted octanol–water partition coefficient (Wildman–Crippen LogP) is 2.78. The number of rotatable bonds is 11. The highest BCUT2D eigenvalue weighted by Crippen LogP contribution is 2.21. The molecule has 2 aromatic rings. The second kappa shape index (κ2) is 11.4. The van der Waals surface area contributed by atoms with Crippen molar-refractivity contribution >= 4 is 5.91 Å². The van der Waals surface area contributed by atoms with E-state index in [9.17, 15) is 9.90 Å². The Balaban J connectivity index is 1.94. The lowest BCUT2D eigenvalue weighted by molar-refractivity contribution is -0.180. The average molecular weight is 403 g/mol. The zero-order valence-corrected chi connectivity index (χ0v) is 17.3. The van der Waals surface area contributed by atoms with Crippen LogP contribution in [0, 0.1) is 0 Å². The lowest BCUT2D eigenvalue weighted by atomic mass is 10.1. The van der Waals surface area contributed by atoms with Crippen LogP contribution >= 0.6 is 0 Å². The molecule has 1 amide bonds. The first-order valence-electron chi connectivity index (χ1n) is 9.45. The minimum atomic E-state index is -0.769. The first-order chi connectivity index (χ1) is 14.0. The summed E-state index contributed by atoms with van der Waals surface area (Å²) in [5, 5.41) is 11.5. The zero-order chi connectivity index (χ0) is 21.2. The van der Waals surface area contributed by atoms with Gasteiger partial charge in [0.15, 0.2) is 0 Å². The summed E-state index contributed by atoms with van der Waals surface area (Å²) < 4.78 is 16.4. The molecule has 0 aliphatic carbocycles. The molecule has 0 saturated carbocycles. The van der Waals surface area contributed by atoms with E-state index in [-0.39, 0.29) is 12.5 Å². The van der Waals surface area contributed by atoms with Gasteiger partial charge in [0.25, 0.3) is 5.91 Å². The number of hydrogen-bond acceptors (Lipinski definition) is 6. The quantitative estimate of drug-likeness (QED) is 0.582. The summed E-state index contributed by atoms with van der Waals surface area (Å²) in [6.07, 6.45) is -0.964. The number of nitrogens with zero attached hydrogens (tertiary/aromatic N) is 1. The Kier molecular flexibility index (Phi) is 8.92. The number of hydrogen-bond donors (Lipinski definition) is 1. The average Bonchev–Trinajstić information content (AvgIpc) is 2.77. The summed E-state index contributed by atoms with van der Waals surface area (Å²) >= 11 is 0. The monoisotopic (exact) mass is 403 g/mol. The molecule has 2 rings (SSSR count). The SMILES string of the molecule is CCOC(Cc1ccc(OCC(O)c2cccc(OC)c2)cc1)C(=O)N(C)OC. The Hall–Kier alpha value is -2.61. The van der Waals surface area contributed by atoms with Gasteiger partial charge in [0.05, 0.1) is 14.2 Å². The van der Waals surface area contributed by atoms with Crippen molar-refractivity contribution in [3.63, 3.8) is 0 Å². The summed E-state index contributed by atoms with van der Waals surface area (Å²) in [4.78, 5) is 17.3. The van der Waals surface area contributed by atoms with Crippen LogP contribution in [0.25, 0.3) is 0 Å².